The number of carbonyl (C=O) groups is 1. The number of pyridine rings is 1. The number of nitrogens with zero attached hydrogens (tertiary/aromatic N) is 2. The van der Waals surface area contributed by atoms with Gasteiger partial charge in [-0.1, -0.05) is 11.8 Å². The summed E-state index contributed by atoms with van der Waals surface area (Å²) in [5.74, 6) is -0.489. The van der Waals surface area contributed by atoms with Crippen molar-refractivity contribution in [2.75, 3.05) is 30.4 Å². The predicted molar refractivity (Wildman–Crippen MR) is 108 cm³/mol. The molecule has 2 aromatic rings. The third kappa shape index (κ3) is 7.40. The first kappa shape index (κ1) is 24.4. The predicted octanol–water partition coefficient (Wildman–Crippen LogP) is 2.73. The molecule has 0 saturated heterocycles. The first-order chi connectivity index (χ1) is 14.4. The Labute approximate surface area is 179 Å². The van der Waals surface area contributed by atoms with Crippen molar-refractivity contribution in [1.29, 1.82) is 0 Å². The van der Waals surface area contributed by atoms with Gasteiger partial charge in [-0.15, -0.1) is 0 Å². The van der Waals surface area contributed by atoms with E-state index in [0.717, 1.165) is 30.2 Å². The van der Waals surface area contributed by atoms with Crippen LogP contribution in [0.25, 0.3) is 0 Å². The third-order valence-corrected chi connectivity index (χ3v) is 5.83. The number of hydrogen-bond donors (Lipinski definition) is 2. The summed E-state index contributed by atoms with van der Waals surface area (Å²) in [6, 6.07) is 5.49. The van der Waals surface area contributed by atoms with E-state index in [9.17, 15) is 36.5 Å². The zero-order chi connectivity index (χ0) is 23.2. The molecule has 14 heteroatoms. The van der Waals surface area contributed by atoms with Gasteiger partial charge in [0.05, 0.1) is 26.2 Å². The van der Waals surface area contributed by atoms with Gasteiger partial charge >= 0.3 is 6.18 Å². The molecule has 168 valence electrons. The van der Waals surface area contributed by atoms with E-state index >= 15 is 0 Å². The molecule has 31 heavy (non-hydrogen) atoms. The highest BCUT2D eigenvalue weighted by Gasteiger charge is 2.30. The fraction of sp³-hybridized carbons (Fsp3) is 0.294. The summed E-state index contributed by atoms with van der Waals surface area (Å²) in [6.07, 6.45) is -2.86. The zero-order valence-electron chi connectivity index (χ0n) is 16.0. The summed E-state index contributed by atoms with van der Waals surface area (Å²) in [7, 11) is -3.60. The summed E-state index contributed by atoms with van der Waals surface area (Å²) in [4.78, 5) is 25.8. The number of sulfone groups is 1. The Kier molecular flexibility index (Phi) is 7.84. The van der Waals surface area contributed by atoms with Gasteiger partial charge in [0, 0.05) is 31.6 Å². The van der Waals surface area contributed by atoms with Crippen LogP contribution in [0.4, 0.5) is 24.5 Å². The highest BCUT2D eigenvalue weighted by molar-refractivity contribution is 7.99. The number of thioether (sulfide) groups is 1. The number of aromatic nitrogens is 1. The van der Waals surface area contributed by atoms with E-state index in [2.05, 4.69) is 15.6 Å². The molecule has 0 atom stereocenters. The van der Waals surface area contributed by atoms with Gasteiger partial charge in [0.25, 0.3) is 5.69 Å². The Hall–Kier alpha value is -2.87. The molecule has 0 bridgehead atoms. The Balaban J connectivity index is 1.82. The molecule has 2 rings (SSSR count). The van der Waals surface area contributed by atoms with Gasteiger partial charge in [-0.05, 0) is 24.3 Å². The average Bonchev–Trinajstić information content (AvgIpc) is 2.68. The van der Waals surface area contributed by atoms with Crippen LogP contribution < -0.4 is 10.6 Å². The molecule has 1 aromatic heterocycles. The summed E-state index contributed by atoms with van der Waals surface area (Å²) < 4.78 is 60.5. The number of alkyl halides is 3. The average molecular weight is 478 g/mol. The van der Waals surface area contributed by atoms with Crippen LogP contribution in [0.3, 0.4) is 0 Å². The van der Waals surface area contributed by atoms with E-state index in [1.165, 1.54) is 18.2 Å². The molecule has 0 aliphatic heterocycles. The second-order valence-electron chi connectivity index (χ2n) is 6.16. The molecule has 0 spiro atoms. The summed E-state index contributed by atoms with van der Waals surface area (Å²) in [5.41, 5.74) is -1.21. The van der Waals surface area contributed by atoms with Gasteiger partial charge in [-0.2, -0.15) is 13.2 Å². The normalized spacial score (nSPS) is 11.7. The van der Waals surface area contributed by atoms with Gasteiger partial charge in [0.2, 0.25) is 5.91 Å². The minimum Gasteiger partial charge on any atom is -0.378 e. The molecule has 0 aliphatic rings. The zero-order valence-corrected chi connectivity index (χ0v) is 17.6. The second-order valence-corrected chi connectivity index (χ2v) is 9.17. The standard InChI is InChI=1S/C17H17F3N4O5S2/c1-31(28,29)12-3-4-13(14(8-12)24(26)27)21-6-7-22-15(25)10-30-16-5-2-11(9-23-16)17(18,19)20/h2-5,8-9,21H,6-7,10H2,1H3,(H,22,25). The monoisotopic (exact) mass is 478 g/mol. The number of nitro benzene ring substituents is 1. The van der Waals surface area contributed by atoms with Crippen LogP contribution in [-0.2, 0) is 20.8 Å². The van der Waals surface area contributed by atoms with Gasteiger partial charge in [-0.3, -0.25) is 14.9 Å². The van der Waals surface area contributed by atoms with Crippen LogP contribution in [0, 0.1) is 10.1 Å². The van der Waals surface area contributed by atoms with E-state index in [1.54, 1.807) is 0 Å². The smallest absolute Gasteiger partial charge is 0.378 e. The van der Waals surface area contributed by atoms with Gasteiger partial charge in [0.1, 0.15) is 5.69 Å². The van der Waals surface area contributed by atoms with E-state index in [-0.39, 0.29) is 34.5 Å². The summed E-state index contributed by atoms with van der Waals surface area (Å²) in [5, 5.41) is 16.7. The van der Waals surface area contributed by atoms with Crippen molar-refractivity contribution >= 4 is 38.9 Å². The lowest BCUT2D eigenvalue weighted by molar-refractivity contribution is -0.384. The number of amides is 1. The van der Waals surface area contributed by atoms with Crippen LogP contribution in [0.2, 0.25) is 0 Å². The summed E-state index contributed by atoms with van der Waals surface area (Å²) in [6.45, 7) is 0.221. The Bertz CT molecular complexity index is 1060. The molecule has 1 heterocycles. The molecule has 0 unspecified atom stereocenters. The topological polar surface area (TPSA) is 131 Å². The molecule has 2 N–H and O–H groups in total. The lowest BCUT2D eigenvalue weighted by Crippen LogP contribution is -2.30. The first-order valence-electron chi connectivity index (χ1n) is 8.53. The molecule has 1 aromatic carbocycles. The maximum atomic E-state index is 12.5. The van der Waals surface area contributed by atoms with Crippen LogP contribution in [-0.4, -0.2) is 49.3 Å². The Morgan fingerprint density at radius 3 is 2.48 bits per heavy atom. The minimum atomic E-state index is -4.49. The van der Waals surface area contributed by atoms with E-state index in [4.69, 9.17) is 0 Å². The third-order valence-electron chi connectivity index (χ3n) is 3.77. The Morgan fingerprint density at radius 2 is 1.94 bits per heavy atom. The number of rotatable bonds is 9. The van der Waals surface area contributed by atoms with Gasteiger partial charge in [0.15, 0.2) is 9.84 Å². The fourth-order valence-electron chi connectivity index (χ4n) is 2.27. The lowest BCUT2D eigenvalue weighted by Gasteiger charge is -2.09. The van der Waals surface area contributed by atoms with Crippen LogP contribution in [0.1, 0.15) is 5.56 Å². The van der Waals surface area contributed by atoms with Crippen molar-refractivity contribution in [3.63, 3.8) is 0 Å². The van der Waals surface area contributed by atoms with Crippen LogP contribution >= 0.6 is 11.8 Å². The molecule has 0 radical (unpaired) electrons. The maximum Gasteiger partial charge on any atom is 0.417 e. The molecule has 0 aliphatic carbocycles. The van der Waals surface area contributed by atoms with Crippen LogP contribution in [0.5, 0.6) is 0 Å². The number of halogens is 3. The molecule has 0 fully saturated rings. The van der Waals surface area contributed by atoms with Crippen molar-refractivity contribution < 1.29 is 31.3 Å². The van der Waals surface area contributed by atoms with Crippen molar-refractivity contribution in [3.05, 3.63) is 52.2 Å². The molecule has 1 amide bonds. The van der Waals surface area contributed by atoms with Crippen LogP contribution in [0.15, 0.2) is 46.5 Å². The van der Waals surface area contributed by atoms with E-state index < -0.39 is 38.1 Å². The van der Waals surface area contributed by atoms with Crippen molar-refractivity contribution in [2.24, 2.45) is 0 Å². The number of benzene rings is 1. The number of anilines is 1. The summed E-state index contributed by atoms with van der Waals surface area (Å²) >= 11 is 0.955. The van der Waals surface area contributed by atoms with Crippen molar-refractivity contribution in [1.82, 2.24) is 10.3 Å². The second kappa shape index (κ2) is 9.96. The molecular weight excluding hydrogens is 461 g/mol. The number of carbonyl (C=O) groups excluding carboxylic acids is 1. The number of nitro groups is 1. The highest BCUT2D eigenvalue weighted by Crippen LogP contribution is 2.29. The van der Waals surface area contributed by atoms with Gasteiger partial charge < -0.3 is 10.6 Å². The van der Waals surface area contributed by atoms with E-state index in [0.29, 0.717) is 6.20 Å². The highest BCUT2D eigenvalue weighted by atomic mass is 32.2. The lowest BCUT2D eigenvalue weighted by atomic mass is 10.2. The maximum absolute atomic E-state index is 12.5. The van der Waals surface area contributed by atoms with E-state index in [1.807, 2.05) is 0 Å². The van der Waals surface area contributed by atoms with Crippen molar-refractivity contribution in [2.45, 2.75) is 16.1 Å². The minimum absolute atomic E-state index is 0.0818. The fourth-order valence-corrected chi connectivity index (χ4v) is 3.58. The quantitative estimate of drug-likeness (QED) is 0.243. The molecule has 9 nitrogen and oxygen atoms in total. The number of hydrogen-bond acceptors (Lipinski definition) is 8. The SMILES string of the molecule is CS(=O)(=O)c1ccc(NCCNC(=O)CSc2ccc(C(F)(F)F)cn2)c([N+](=O)[O-])c1. The van der Waals surface area contributed by atoms with Gasteiger partial charge in [-0.25, -0.2) is 13.4 Å². The molecule has 0 saturated carbocycles. The Morgan fingerprint density at radius 1 is 1.23 bits per heavy atom. The molecular formula is C17H17F3N4O5S2. The number of nitrogens with one attached hydrogen (secondary N) is 2. The first-order valence-corrected chi connectivity index (χ1v) is 11.4. The largest absolute Gasteiger partial charge is 0.417 e. The van der Waals surface area contributed by atoms with Crippen molar-refractivity contribution in [3.8, 4) is 0 Å².